The van der Waals surface area contributed by atoms with Crippen LogP contribution >= 0.6 is 0 Å². The van der Waals surface area contributed by atoms with Gasteiger partial charge in [0.05, 0.1) is 6.10 Å². The second-order valence-electron chi connectivity index (χ2n) is 14.3. The SMILES string of the molecule is CC(CCC(=O)NC1CCCCC1S(=O)(=O)O)C1CCC2C3CCC4CC(O)CCC4(C)C3CCC12C. The molecule has 212 valence electrons. The molecule has 37 heavy (non-hydrogen) atoms. The van der Waals surface area contributed by atoms with Crippen LogP contribution in [0.2, 0.25) is 0 Å². The zero-order valence-corrected chi connectivity index (χ0v) is 24.1. The third-order valence-corrected chi connectivity index (χ3v) is 14.0. The van der Waals surface area contributed by atoms with Crippen molar-refractivity contribution in [2.75, 3.05) is 0 Å². The minimum absolute atomic E-state index is 0.0680. The predicted molar refractivity (Wildman–Crippen MR) is 145 cm³/mol. The lowest BCUT2D eigenvalue weighted by atomic mass is 9.44. The summed E-state index contributed by atoms with van der Waals surface area (Å²) in [5.41, 5.74) is 0.762. The molecule has 11 atom stereocenters. The first-order valence-electron chi connectivity index (χ1n) is 15.4. The van der Waals surface area contributed by atoms with Crippen LogP contribution in [0.25, 0.3) is 0 Å². The molecule has 5 aliphatic rings. The molecule has 0 aromatic heterocycles. The largest absolute Gasteiger partial charge is 0.393 e. The van der Waals surface area contributed by atoms with Gasteiger partial charge in [0.25, 0.3) is 10.1 Å². The van der Waals surface area contributed by atoms with E-state index in [0.29, 0.717) is 47.8 Å². The van der Waals surface area contributed by atoms with E-state index in [2.05, 4.69) is 26.1 Å². The summed E-state index contributed by atoms with van der Waals surface area (Å²) in [7, 11) is -4.14. The Morgan fingerprint density at radius 1 is 0.946 bits per heavy atom. The molecule has 0 bridgehead atoms. The van der Waals surface area contributed by atoms with Crippen LogP contribution < -0.4 is 5.32 Å². The van der Waals surface area contributed by atoms with E-state index in [1.807, 2.05) is 0 Å². The van der Waals surface area contributed by atoms with E-state index in [9.17, 15) is 22.9 Å². The van der Waals surface area contributed by atoms with Crippen LogP contribution in [0.4, 0.5) is 0 Å². The van der Waals surface area contributed by atoms with E-state index in [4.69, 9.17) is 0 Å². The van der Waals surface area contributed by atoms with Crippen LogP contribution in [-0.4, -0.2) is 41.4 Å². The maximum atomic E-state index is 12.8. The molecule has 0 saturated heterocycles. The lowest BCUT2D eigenvalue weighted by Crippen LogP contribution is -2.54. The maximum absolute atomic E-state index is 12.8. The van der Waals surface area contributed by atoms with Crippen molar-refractivity contribution in [3.8, 4) is 0 Å². The predicted octanol–water partition coefficient (Wildman–Crippen LogP) is 5.74. The molecule has 0 heterocycles. The molecule has 5 rings (SSSR count). The lowest BCUT2D eigenvalue weighted by molar-refractivity contribution is -0.130. The number of amides is 1. The van der Waals surface area contributed by atoms with Gasteiger partial charge in [0.15, 0.2) is 0 Å². The van der Waals surface area contributed by atoms with Gasteiger partial charge in [-0.3, -0.25) is 9.35 Å². The number of rotatable bonds is 6. The van der Waals surface area contributed by atoms with E-state index in [-0.39, 0.29) is 12.0 Å². The standard InChI is InChI=1S/C30H51NO5S/c1-19(8-13-28(33)31-26-6-4-5-7-27(26)37(34,35)36)23-11-12-24-22-10-9-20-18-21(32)14-16-29(20,2)25(22)15-17-30(23,24)3/h19-27,32H,4-18H2,1-3H3,(H,31,33)(H,34,35,36). The van der Waals surface area contributed by atoms with E-state index < -0.39 is 21.4 Å². The highest BCUT2D eigenvalue weighted by Gasteiger charge is 2.60. The zero-order valence-electron chi connectivity index (χ0n) is 23.3. The molecule has 5 saturated carbocycles. The molecule has 0 aliphatic heterocycles. The number of carbonyl (C=O) groups is 1. The van der Waals surface area contributed by atoms with Crippen molar-refractivity contribution in [2.45, 2.75) is 134 Å². The van der Waals surface area contributed by atoms with E-state index in [0.717, 1.165) is 49.9 Å². The number of aliphatic hydroxyl groups excluding tert-OH is 1. The fraction of sp³-hybridized carbons (Fsp3) is 0.967. The Kier molecular flexibility index (Phi) is 7.83. The van der Waals surface area contributed by atoms with Crippen LogP contribution in [0.5, 0.6) is 0 Å². The fourth-order valence-corrected chi connectivity index (χ4v) is 11.8. The summed E-state index contributed by atoms with van der Waals surface area (Å²) in [4.78, 5) is 12.8. The maximum Gasteiger partial charge on any atom is 0.269 e. The van der Waals surface area contributed by atoms with Gasteiger partial charge in [-0.25, -0.2) is 0 Å². The summed E-state index contributed by atoms with van der Waals surface area (Å²) in [6.07, 6.45) is 14.9. The van der Waals surface area contributed by atoms with Crippen molar-refractivity contribution in [3.63, 3.8) is 0 Å². The number of fused-ring (bicyclic) bond motifs is 5. The van der Waals surface area contributed by atoms with Gasteiger partial charge in [-0.15, -0.1) is 0 Å². The minimum Gasteiger partial charge on any atom is -0.393 e. The average Bonchev–Trinajstić information content (AvgIpc) is 3.20. The Morgan fingerprint density at radius 2 is 1.65 bits per heavy atom. The highest BCUT2D eigenvalue weighted by molar-refractivity contribution is 7.86. The van der Waals surface area contributed by atoms with E-state index in [1.165, 1.54) is 44.9 Å². The molecule has 1 amide bonds. The van der Waals surface area contributed by atoms with Gasteiger partial charge in [0.1, 0.15) is 5.25 Å². The molecule has 6 nitrogen and oxygen atoms in total. The first-order valence-corrected chi connectivity index (χ1v) is 16.9. The first kappa shape index (κ1) is 27.9. The van der Waals surface area contributed by atoms with E-state index >= 15 is 0 Å². The summed E-state index contributed by atoms with van der Waals surface area (Å²) in [5, 5.41) is 12.4. The molecule has 11 unspecified atom stereocenters. The summed E-state index contributed by atoms with van der Waals surface area (Å²) in [6.45, 7) is 7.44. The molecule has 0 spiro atoms. The van der Waals surface area contributed by atoms with Gasteiger partial charge in [0.2, 0.25) is 5.91 Å². The average molecular weight is 538 g/mol. The van der Waals surface area contributed by atoms with Gasteiger partial charge in [0, 0.05) is 12.5 Å². The number of carbonyl (C=O) groups excluding carboxylic acids is 1. The smallest absolute Gasteiger partial charge is 0.269 e. The van der Waals surface area contributed by atoms with Crippen molar-refractivity contribution >= 4 is 16.0 Å². The molecule has 5 fully saturated rings. The molecule has 5 aliphatic carbocycles. The Hall–Kier alpha value is -0.660. The molecule has 0 radical (unpaired) electrons. The van der Waals surface area contributed by atoms with Gasteiger partial charge in [-0.1, -0.05) is 33.6 Å². The molecule has 7 heteroatoms. The zero-order chi connectivity index (χ0) is 26.6. The monoisotopic (exact) mass is 537 g/mol. The second kappa shape index (κ2) is 10.4. The Bertz CT molecular complexity index is 954. The van der Waals surface area contributed by atoms with Crippen LogP contribution in [0, 0.1) is 46.3 Å². The van der Waals surface area contributed by atoms with Crippen molar-refractivity contribution in [1.82, 2.24) is 5.32 Å². The quantitative estimate of drug-likeness (QED) is 0.375. The number of hydrogen-bond acceptors (Lipinski definition) is 4. The van der Waals surface area contributed by atoms with Crippen LogP contribution in [0.15, 0.2) is 0 Å². The lowest BCUT2D eigenvalue weighted by Gasteiger charge is -2.61. The summed E-state index contributed by atoms with van der Waals surface area (Å²) >= 11 is 0. The van der Waals surface area contributed by atoms with Gasteiger partial charge < -0.3 is 10.4 Å². The first-order chi connectivity index (χ1) is 17.4. The summed E-state index contributed by atoms with van der Waals surface area (Å²) < 4.78 is 33.2. The third-order valence-electron chi connectivity index (χ3n) is 12.7. The Labute approximate surface area is 224 Å². The van der Waals surface area contributed by atoms with Crippen molar-refractivity contribution < 1.29 is 22.9 Å². The normalized spacial score (nSPS) is 46.8. The number of hydrogen-bond donors (Lipinski definition) is 3. The van der Waals surface area contributed by atoms with Crippen molar-refractivity contribution in [3.05, 3.63) is 0 Å². The molecule has 3 N–H and O–H groups in total. The third kappa shape index (κ3) is 5.15. The van der Waals surface area contributed by atoms with Crippen LogP contribution in [-0.2, 0) is 14.9 Å². The van der Waals surface area contributed by atoms with Gasteiger partial charge in [-0.2, -0.15) is 8.42 Å². The minimum atomic E-state index is -4.14. The molecular weight excluding hydrogens is 486 g/mol. The topological polar surface area (TPSA) is 104 Å². The highest BCUT2D eigenvalue weighted by Crippen LogP contribution is 2.68. The fourth-order valence-electron chi connectivity index (χ4n) is 10.7. The van der Waals surface area contributed by atoms with Crippen molar-refractivity contribution in [2.24, 2.45) is 46.3 Å². The van der Waals surface area contributed by atoms with Crippen LogP contribution in [0.3, 0.4) is 0 Å². The number of nitrogens with one attached hydrogen (secondary N) is 1. The molecule has 0 aromatic carbocycles. The van der Waals surface area contributed by atoms with Crippen LogP contribution in [0.1, 0.15) is 117 Å². The van der Waals surface area contributed by atoms with Crippen molar-refractivity contribution in [1.29, 1.82) is 0 Å². The van der Waals surface area contributed by atoms with E-state index in [1.54, 1.807) is 0 Å². The molecule has 0 aromatic rings. The summed E-state index contributed by atoms with van der Waals surface area (Å²) in [6, 6.07) is -0.465. The second-order valence-corrected chi connectivity index (χ2v) is 16.0. The summed E-state index contributed by atoms with van der Waals surface area (Å²) in [5.74, 6) is 4.16. The van der Waals surface area contributed by atoms with Gasteiger partial charge >= 0.3 is 0 Å². The Morgan fingerprint density at radius 3 is 2.41 bits per heavy atom. The highest BCUT2D eigenvalue weighted by atomic mass is 32.2. The number of aliphatic hydroxyl groups is 1. The molecular formula is C30H51NO5S. The van der Waals surface area contributed by atoms with Gasteiger partial charge in [-0.05, 0) is 123 Å². The Balaban J connectivity index is 1.19.